The molecule has 0 aromatic heterocycles. The first-order chi connectivity index (χ1) is 22.1. The van der Waals surface area contributed by atoms with Gasteiger partial charge >= 0.3 is 0 Å². The molecular weight excluding hydrogens is 558 g/mol. The molecule has 232 valence electrons. The van der Waals surface area contributed by atoms with Gasteiger partial charge in [-0.05, 0) is 40.8 Å². The highest BCUT2D eigenvalue weighted by Crippen LogP contribution is 2.48. The molecule has 0 N–H and O–H groups in total. The molecule has 2 aliphatic rings. The molecule has 2 atom stereocenters. The van der Waals surface area contributed by atoms with Crippen molar-refractivity contribution in [1.29, 1.82) is 5.26 Å². The van der Waals surface area contributed by atoms with E-state index in [-0.39, 0.29) is 12.5 Å². The van der Waals surface area contributed by atoms with Crippen molar-refractivity contribution in [3.63, 3.8) is 0 Å². The number of fused-ring (bicyclic) bond motifs is 1. The van der Waals surface area contributed by atoms with E-state index in [1.165, 1.54) is 32.1 Å². The fourth-order valence-electron chi connectivity index (χ4n) is 7.44. The van der Waals surface area contributed by atoms with Crippen LogP contribution < -0.4 is 4.74 Å². The van der Waals surface area contributed by atoms with Crippen LogP contribution in [0.3, 0.4) is 0 Å². The number of ether oxygens (including phenoxy) is 2. The van der Waals surface area contributed by atoms with Gasteiger partial charge in [0.05, 0.1) is 26.4 Å². The van der Waals surface area contributed by atoms with Crippen molar-refractivity contribution >= 4 is 16.7 Å². The first-order valence-corrected chi connectivity index (χ1v) is 16.3. The molecule has 2 fully saturated rings. The van der Waals surface area contributed by atoms with Gasteiger partial charge in [0.1, 0.15) is 5.75 Å². The van der Waals surface area contributed by atoms with Crippen molar-refractivity contribution in [3.8, 4) is 11.8 Å². The number of hydrogen-bond acceptors (Lipinski definition) is 5. The van der Waals surface area contributed by atoms with E-state index in [0.29, 0.717) is 31.5 Å². The molecule has 4 aromatic carbocycles. The van der Waals surface area contributed by atoms with Gasteiger partial charge in [0, 0.05) is 43.7 Å². The Morgan fingerprint density at radius 2 is 1.51 bits per heavy atom. The molecule has 0 bridgehead atoms. The summed E-state index contributed by atoms with van der Waals surface area (Å²) in [6.45, 7) is 3.12. The van der Waals surface area contributed by atoms with E-state index in [9.17, 15) is 5.26 Å². The average Bonchev–Trinajstić information content (AvgIpc) is 3.12. The Hall–Kier alpha value is -4.18. The summed E-state index contributed by atoms with van der Waals surface area (Å²) in [4.78, 5) is 19.5. The number of rotatable bonds is 10. The van der Waals surface area contributed by atoms with Crippen molar-refractivity contribution in [2.24, 2.45) is 5.41 Å². The van der Waals surface area contributed by atoms with Gasteiger partial charge in [0.15, 0.2) is 5.41 Å². The number of nitriles is 1. The van der Waals surface area contributed by atoms with E-state index < -0.39 is 11.3 Å². The zero-order chi connectivity index (χ0) is 31.1. The molecule has 6 nitrogen and oxygen atoms in total. The summed E-state index contributed by atoms with van der Waals surface area (Å²) in [5.41, 5.74) is 1.17. The Morgan fingerprint density at radius 3 is 2.27 bits per heavy atom. The number of benzene rings is 4. The van der Waals surface area contributed by atoms with Crippen molar-refractivity contribution in [2.45, 2.75) is 50.7 Å². The third kappa shape index (κ3) is 6.47. The van der Waals surface area contributed by atoms with E-state index in [1.54, 1.807) is 7.11 Å². The van der Waals surface area contributed by atoms with Crippen molar-refractivity contribution in [3.05, 3.63) is 114 Å². The number of methoxy groups -OCH3 is 1. The Morgan fingerprint density at radius 1 is 0.844 bits per heavy atom. The van der Waals surface area contributed by atoms with Gasteiger partial charge in [-0.25, -0.2) is 0 Å². The SMILES string of the molecule is COc1ccccc1C(c1cccc2ccccc12)C(C#N)(COCc1ccccc1)C(=O)N1CCN(C2CCCCC2)CC1. The van der Waals surface area contributed by atoms with Crippen molar-refractivity contribution < 1.29 is 14.3 Å². The summed E-state index contributed by atoms with van der Waals surface area (Å²) in [6.07, 6.45) is 6.36. The van der Waals surface area contributed by atoms with Crippen LogP contribution in [0.15, 0.2) is 97.1 Å². The molecule has 45 heavy (non-hydrogen) atoms. The molecule has 0 spiro atoms. The quantitative estimate of drug-likeness (QED) is 0.193. The second-order valence-corrected chi connectivity index (χ2v) is 12.4. The molecule has 0 radical (unpaired) electrons. The van der Waals surface area contributed by atoms with Crippen molar-refractivity contribution in [2.75, 3.05) is 39.9 Å². The summed E-state index contributed by atoms with van der Waals surface area (Å²) in [6, 6.07) is 35.2. The predicted molar refractivity (Wildman–Crippen MR) is 178 cm³/mol. The number of nitrogens with zero attached hydrogens (tertiary/aromatic N) is 3. The molecule has 4 aromatic rings. The largest absolute Gasteiger partial charge is 0.496 e. The van der Waals surface area contributed by atoms with Crippen LogP contribution in [-0.2, 0) is 16.1 Å². The van der Waals surface area contributed by atoms with Crippen LogP contribution in [0.25, 0.3) is 10.8 Å². The molecule has 1 aliphatic carbocycles. The van der Waals surface area contributed by atoms with Gasteiger partial charge in [0.25, 0.3) is 0 Å². The monoisotopic (exact) mass is 601 g/mol. The van der Waals surface area contributed by atoms with Gasteiger partial charge in [0.2, 0.25) is 5.91 Å². The van der Waals surface area contributed by atoms with Gasteiger partial charge in [-0.15, -0.1) is 0 Å². The average molecular weight is 602 g/mol. The molecule has 1 aliphatic heterocycles. The standard InChI is InChI=1S/C39H43N3O3/c1-44-36-22-11-10-20-35(36)37(34-21-12-16-31-15-8-9-19-33(31)34)39(28-40,29-45-27-30-13-4-2-5-14-30)38(43)42-25-23-41(24-26-42)32-17-6-3-7-18-32/h2,4-5,8-16,19-22,32,37H,3,6-7,17-18,23-27,29H2,1H3. The Bertz CT molecular complexity index is 1610. The normalized spacial score (nSPS) is 18.2. The Balaban J connectivity index is 1.43. The zero-order valence-corrected chi connectivity index (χ0v) is 26.2. The highest BCUT2D eigenvalue weighted by Gasteiger charge is 2.52. The topological polar surface area (TPSA) is 65.8 Å². The first kappa shape index (κ1) is 30.8. The van der Waals surface area contributed by atoms with E-state index in [2.05, 4.69) is 35.2 Å². The smallest absolute Gasteiger partial charge is 0.246 e. The van der Waals surface area contributed by atoms with Crippen LogP contribution in [0.2, 0.25) is 0 Å². The third-order valence-electron chi connectivity index (χ3n) is 9.79. The molecule has 6 rings (SSSR count). The number of carbonyl (C=O) groups is 1. The molecule has 6 heteroatoms. The third-order valence-corrected chi connectivity index (χ3v) is 9.79. The lowest BCUT2D eigenvalue weighted by atomic mass is 9.67. The summed E-state index contributed by atoms with van der Waals surface area (Å²) < 4.78 is 12.3. The van der Waals surface area contributed by atoms with E-state index in [4.69, 9.17) is 9.47 Å². The fraction of sp³-hybridized carbons (Fsp3) is 0.385. The van der Waals surface area contributed by atoms with Crippen molar-refractivity contribution in [1.82, 2.24) is 9.80 Å². The summed E-state index contributed by atoms with van der Waals surface area (Å²) >= 11 is 0. The lowest BCUT2D eigenvalue weighted by Crippen LogP contribution is -2.57. The van der Waals surface area contributed by atoms with E-state index in [1.807, 2.05) is 77.7 Å². The molecule has 1 saturated carbocycles. The van der Waals surface area contributed by atoms with Crippen LogP contribution in [0.5, 0.6) is 5.75 Å². The molecule has 1 saturated heterocycles. The second kappa shape index (κ2) is 14.3. The second-order valence-electron chi connectivity index (χ2n) is 12.4. The Kier molecular flexibility index (Phi) is 9.78. The summed E-state index contributed by atoms with van der Waals surface area (Å²) in [5.74, 6) is -0.164. The molecule has 1 amide bonds. The minimum Gasteiger partial charge on any atom is -0.496 e. The van der Waals surface area contributed by atoms with Gasteiger partial charge in [-0.3, -0.25) is 9.69 Å². The number of amides is 1. The predicted octanol–water partition coefficient (Wildman–Crippen LogP) is 7.18. The minimum atomic E-state index is -1.54. The van der Waals surface area contributed by atoms with Gasteiger partial charge in [-0.2, -0.15) is 5.26 Å². The minimum absolute atomic E-state index is 0.0496. The number of hydrogen-bond donors (Lipinski definition) is 0. The molecule has 1 heterocycles. The maximum absolute atomic E-state index is 15.1. The maximum atomic E-state index is 15.1. The highest BCUT2D eigenvalue weighted by molar-refractivity contribution is 5.92. The van der Waals surface area contributed by atoms with E-state index >= 15 is 4.79 Å². The van der Waals surface area contributed by atoms with Crippen LogP contribution in [0.4, 0.5) is 0 Å². The van der Waals surface area contributed by atoms with Crippen LogP contribution in [0.1, 0.15) is 54.7 Å². The van der Waals surface area contributed by atoms with Crippen LogP contribution in [-0.4, -0.2) is 61.6 Å². The number of para-hydroxylation sites is 1. The van der Waals surface area contributed by atoms with Crippen LogP contribution >= 0.6 is 0 Å². The zero-order valence-electron chi connectivity index (χ0n) is 26.2. The van der Waals surface area contributed by atoms with E-state index in [0.717, 1.165) is 40.6 Å². The first-order valence-electron chi connectivity index (χ1n) is 16.3. The lowest BCUT2D eigenvalue weighted by molar-refractivity contribution is -0.145. The Labute approximate surface area is 267 Å². The summed E-state index contributed by atoms with van der Waals surface area (Å²) in [7, 11) is 1.64. The van der Waals surface area contributed by atoms with Gasteiger partial charge in [-0.1, -0.05) is 110 Å². The molecule has 2 unspecified atom stereocenters. The van der Waals surface area contributed by atoms with Crippen LogP contribution in [0, 0.1) is 16.7 Å². The van der Waals surface area contributed by atoms with Gasteiger partial charge < -0.3 is 14.4 Å². The number of piperazine rings is 1. The number of carbonyl (C=O) groups excluding carboxylic acids is 1. The molecular formula is C39H43N3O3. The maximum Gasteiger partial charge on any atom is 0.246 e. The fourth-order valence-corrected chi connectivity index (χ4v) is 7.44. The lowest BCUT2D eigenvalue weighted by Gasteiger charge is -2.44. The highest BCUT2D eigenvalue weighted by atomic mass is 16.5. The summed E-state index contributed by atoms with van der Waals surface area (Å²) in [5, 5.41) is 13.4.